The van der Waals surface area contributed by atoms with Gasteiger partial charge in [0.25, 0.3) is 0 Å². The molecule has 3 N–H and O–H groups in total. The third-order valence-electron chi connectivity index (χ3n) is 3.00. The molecular weight excluding hydrogens is 405 g/mol. The third-order valence-corrected chi connectivity index (χ3v) is 4.38. The minimum absolute atomic E-state index is 0.000292. The fourth-order valence-electron chi connectivity index (χ4n) is 1.91. The Morgan fingerprint density at radius 1 is 1.35 bits per heavy atom. The lowest BCUT2D eigenvalue weighted by Crippen LogP contribution is -2.40. The highest BCUT2D eigenvalue weighted by Crippen LogP contribution is 2.29. The molecule has 0 fully saturated rings. The predicted molar refractivity (Wildman–Crippen MR) is 101 cm³/mol. The number of nitro benzene ring substituents is 1. The molecule has 8 nitrogen and oxygen atoms in total. The second kappa shape index (κ2) is 7.64. The Bertz CT molecular complexity index is 1000. The first-order valence-electron chi connectivity index (χ1n) is 6.91. The van der Waals surface area contributed by atoms with Crippen molar-refractivity contribution in [1.82, 2.24) is 15.9 Å². The van der Waals surface area contributed by atoms with Crippen molar-refractivity contribution in [3.05, 3.63) is 57.4 Å². The van der Waals surface area contributed by atoms with Gasteiger partial charge in [0.2, 0.25) is 16.0 Å². The lowest BCUT2D eigenvalue weighted by atomic mass is 10.3. The van der Waals surface area contributed by atoms with Crippen molar-refractivity contribution in [1.29, 1.82) is 0 Å². The van der Waals surface area contributed by atoms with Crippen molar-refractivity contribution < 1.29 is 14.2 Å². The molecule has 3 aromatic rings. The normalized spacial score (nSPS) is 10.4. The van der Waals surface area contributed by atoms with Crippen molar-refractivity contribution in [2.24, 2.45) is 0 Å². The Hall–Kier alpha value is -2.76. The van der Waals surface area contributed by atoms with Gasteiger partial charge in [0.1, 0.15) is 5.82 Å². The SMILES string of the molecule is O=[N+]([O-])c1cc(Cl)ccc1ONC(=S)NNc1nc2cc(F)ccc2s1. The molecule has 0 atom stereocenters. The van der Waals surface area contributed by atoms with Crippen LogP contribution in [0.25, 0.3) is 10.2 Å². The van der Waals surface area contributed by atoms with Crippen LogP contribution in [0, 0.1) is 15.9 Å². The average Bonchev–Trinajstić information content (AvgIpc) is 3.00. The van der Waals surface area contributed by atoms with Crippen molar-refractivity contribution in [3.63, 3.8) is 0 Å². The number of nitro groups is 1. The Balaban J connectivity index is 1.58. The van der Waals surface area contributed by atoms with Crippen LogP contribution >= 0.6 is 35.2 Å². The van der Waals surface area contributed by atoms with Gasteiger partial charge in [0.05, 0.1) is 15.1 Å². The van der Waals surface area contributed by atoms with Gasteiger partial charge in [-0.25, -0.2) is 9.37 Å². The second-order valence-corrected chi connectivity index (χ2v) is 6.66. The van der Waals surface area contributed by atoms with Gasteiger partial charge >= 0.3 is 5.69 Å². The average molecular weight is 414 g/mol. The molecule has 0 amide bonds. The largest absolute Gasteiger partial charge is 0.373 e. The van der Waals surface area contributed by atoms with Crippen LogP contribution in [0.1, 0.15) is 0 Å². The summed E-state index contributed by atoms with van der Waals surface area (Å²) in [5, 5.41) is 11.6. The number of thiocarbonyl (C=S) groups is 1. The van der Waals surface area contributed by atoms with E-state index in [1.54, 1.807) is 6.07 Å². The zero-order chi connectivity index (χ0) is 18.7. The Morgan fingerprint density at radius 3 is 2.92 bits per heavy atom. The van der Waals surface area contributed by atoms with Crippen LogP contribution in [-0.2, 0) is 0 Å². The van der Waals surface area contributed by atoms with E-state index in [0.29, 0.717) is 10.6 Å². The highest BCUT2D eigenvalue weighted by atomic mass is 35.5. The van der Waals surface area contributed by atoms with Gasteiger partial charge in [0, 0.05) is 17.2 Å². The van der Waals surface area contributed by atoms with E-state index in [0.717, 1.165) is 10.8 Å². The van der Waals surface area contributed by atoms with Crippen LogP contribution in [0.4, 0.5) is 15.2 Å². The minimum Gasteiger partial charge on any atom is -0.373 e. The zero-order valence-corrected chi connectivity index (χ0v) is 15.0. The van der Waals surface area contributed by atoms with E-state index in [4.69, 9.17) is 28.7 Å². The number of aromatic nitrogens is 1. The molecule has 0 aliphatic carbocycles. The van der Waals surface area contributed by atoms with E-state index in [1.807, 2.05) is 0 Å². The summed E-state index contributed by atoms with van der Waals surface area (Å²) in [7, 11) is 0. The molecule has 0 radical (unpaired) electrons. The monoisotopic (exact) mass is 413 g/mol. The van der Waals surface area contributed by atoms with Gasteiger partial charge in [-0.3, -0.25) is 21.0 Å². The van der Waals surface area contributed by atoms with Gasteiger partial charge < -0.3 is 4.84 Å². The summed E-state index contributed by atoms with van der Waals surface area (Å²) < 4.78 is 14.0. The predicted octanol–water partition coefficient (Wildman–Crippen LogP) is 3.78. The molecule has 0 unspecified atom stereocenters. The number of benzene rings is 2. The quantitative estimate of drug-likeness (QED) is 0.330. The van der Waals surface area contributed by atoms with Gasteiger partial charge in [-0.2, -0.15) is 5.48 Å². The number of hydrogen-bond acceptors (Lipinski definition) is 7. The molecule has 1 aromatic heterocycles. The summed E-state index contributed by atoms with van der Waals surface area (Å²) in [6.07, 6.45) is 0. The molecule has 0 spiro atoms. The van der Waals surface area contributed by atoms with Crippen LogP contribution < -0.4 is 21.2 Å². The number of anilines is 1. The second-order valence-electron chi connectivity index (χ2n) is 4.78. The van der Waals surface area contributed by atoms with E-state index < -0.39 is 4.92 Å². The summed E-state index contributed by atoms with van der Waals surface area (Å²) in [6, 6.07) is 8.22. The number of nitrogens with zero attached hydrogens (tertiary/aromatic N) is 2. The Kier molecular flexibility index (Phi) is 5.30. The maximum absolute atomic E-state index is 13.2. The molecule has 3 rings (SSSR count). The number of nitrogens with one attached hydrogen (secondary N) is 3. The van der Waals surface area contributed by atoms with E-state index in [1.165, 1.54) is 35.6 Å². The summed E-state index contributed by atoms with van der Waals surface area (Å²) >= 11 is 12.0. The van der Waals surface area contributed by atoms with Crippen LogP contribution in [0.15, 0.2) is 36.4 Å². The third kappa shape index (κ3) is 4.25. The summed E-state index contributed by atoms with van der Waals surface area (Å²) in [6.45, 7) is 0. The van der Waals surface area contributed by atoms with Crippen molar-refractivity contribution >= 4 is 61.3 Å². The maximum Gasteiger partial charge on any atom is 0.315 e. The fourth-order valence-corrected chi connectivity index (χ4v) is 2.97. The number of rotatable bonds is 5. The summed E-state index contributed by atoms with van der Waals surface area (Å²) in [5.41, 5.74) is 7.89. The Morgan fingerprint density at radius 2 is 2.15 bits per heavy atom. The molecule has 1 heterocycles. The van der Waals surface area contributed by atoms with Crippen molar-refractivity contribution in [3.8, 4) is 5.75 Å². The molecule has 0 aliphatic rings. The summed E-state index contributed by atoms with van der Waals surface area (Å²) in [4.78, 5) is 19.7. The first-order chi connectivity index (χ1) is 12.4. The Labute approximate surface area is 160 Å². The lowest BCUT2D eigenvalue weighted by molar-refractivity contribution is -0.386. The minimum atomic E-state index is -0.627. The van der Waals surface area contributed by atoms with Crippen LogP contribution in [0.3, 0.4) is 0 Å². The van der Waals surface area contributed by atoms with Gasteiger partial charge in [-0.05, 0) is 36.5 Å². The molecule has 12 heteroatoms. The molecule has 26 heavy (non-hydrogen) atoms. The molecule has 2 aromatic carbocycles. The van der Waals surface area contributed by atoms with E-state index >= 15 is 0 Å². The number of thiazole rings is 1. The molecule has 134 valence electrons. The highest BCUT2D eigenvalue weighted by molar-refractivity contribution is 7.80. The molecular formula is C14H9ClFN5O3S2. The standard InChI is InChI=1S/C14H9ClFN5O3S2/c15-7-1-3-11(10(5-7)21(22)23)24-20-13(25)18-19-14-17-9-6-8(16)2-4-12(9)26-14/h1-6H,(H,17,19)(H2,18,20,25). The van der Waals surface area contributed by atoms with E-state index in [9.17, 15) is 14.5 Å². The van der Waals surface area contributed by atoms with E-state index in [-0.39, 0.29) is 27.4 Å². The number of hydrogen-bond donors (Lipinski definition) is 3. The number of hydrazine groups is 1. The highest BCUT2D eigenvalue weighted by Gasteiger charge is 2.16. The topological polar surface area (TPSA) is 101 Å². The van der Waals surface area contributed by atoms with Crippen molar-refractivity contribution in [2.45, 2.75) is 0 Å². The summed E-state index contributed by atoms with van der Waals surface area (Å²) in [5.74, 6) is -0.434. The van der Waals surface area contributed by atoms with Gasteiger partial charge in [0.15, 0.2) is 0 Å². The smallest absolute Gasteiger partial charge is 0.315 e. The molecule has 0 aliphatic heterocycles. The molecule has 0 bridgehead atoms. The number of hydroxylamine groups is 1. The first-order valence-corrected chi connectivity index (χ1v) is 8.51. The number of halogens is 2. The maximum atomic E-state index is 13.2. The fraction of sp³-hybridized carbons (Fsp3) is 0. The molecule has 0 saturated carbocycles. The van der Waals surface area contributed by atoms with Crippen LogP contribution in [-0.4, -0.2) is 15.0 Å². The molecule has 0 saturated heterocycles. The van der Waals surface area contributed by atoms with Gasteiger partial charge in [-0.15, -0.1) is 0 Å². The van der Waals surface area contributed by atoms with Crippen molar-refractivity contribution in [2.75, 3.05) is 5.43 Å². The number of fused-ring (bicyclic) bond motifs is 1. The zero-order valence-electron chi connectivity index (χ0n) is 12.7. The lowest BCUT2D eigenvalue weighted by Gasteiger charge is -2.11. The van der Waals surface area contributed by atoms with Crippen LogP contribution in [0.5, 0.6) is 5.75 Å². The van der Waals surface area contributed by atoms with E-state index in [2.05, 4.69) is 21.3 Å². The first kappa shape index (κ1) is 18.0. The van der Waals surface area contributed by atoms with Gasteiger partial charge in [-0.1, -0.05) is 22.9 Å². The van der Waals surface area contributed by atoms with Crippen LogP contribution in [0.2, 0.25) is 5.02 Å².